The molecule has 0 amide bonds. The summed E-state index contributed by atoms with van der Waals surface area (Å²) in [7, 11) is 0. The van der Waals surface area contributed by atoms with Crippen molar-refractivity contribution in [3.05, 3.63) is 18.2 Å². The SMILES string of the molecule is CCOc1cc(N)cc(NCCC2CCC2)c1. The Morgan fingerprint density at radius 3 is 2.82 bits per heavy atom. The van der Waals surface area contributed by atoms with Crippen LogP contribution < -0.4 is 15.8 Å². The number of anilines is 2. The summed E-state index contributed by atoms with van der Waals surface area (Å²) in [6.07, 6.45) is 5.49. The lowest BCUT2D eigenvalue weighted by atomic mass is 9.83. The van der Waals surface area contributed by atoms with Crippen molar-refractivity contribution in [3.8, 4) is 5.75 Å². The van der Waals surface area contributed by atoms with E-state index in [1.165, 1.54) is 25.7 Å². The molecular formula is C14H22N2O. The number of nitrogens with one attached hydrogen (secondary N) is 1. The molecule has 0 spiro atoms. The van der Waals surface area contributed by atoms with Crippen LogP contribution in [0.1, 0.15) is 32.6 Å². The lowest BCUT2D eigenvalue weighted by molar-refractivity contribution is 0.303. The molecule has 3 nitrogen and oxygen atoms in total. The molecule has 0 atom stereocenters. The van der Waals surface area contributed by atoms with Crippen molar-refractivity contribution in [1.82, 2.24) is 0 Å². The molecule has 2 rings (SSSR count). The van der Waals surface area contributed by atoms with E-state index in [0.717, 1.165) is 29.6 Å². The van der Waals surface area contributed by atoms with Crippen molar-refractivity contribution in [2.75, 3.05) is 24.2 Å². The second kappa shape index (κ2) is 5.80. The fourth-order valence-corrected chi connectivity index (χ4v) is 2.18. The zero-order chi connectivity index (χ0) is 12.1. The summed E-state index contributed by atoms with van der Waals surface area (Å²) in [5.74, 6) is 1.79. The van der Waals surface area contributed by atoms with Crippen LogP contribution >= 0.6 is 0 Å². The van der Waals surface area contributed by atoms with Crippen molar-refractivity contribution in [2.24, 2.45) is 5.92 Å². The molecule has 0 saturated heterocycles. The summed E-state index contributed by atoms with van der Waals surface area (Å²) in [6.45, 7) is 3.68. The highest BCUT2D eigenvalue weighted by Crippen LogP contribution is 2.29. The lowest BCUT2D eigenvalue weighted by Crippen LogP contribution is -2.15. The molecular weight excluding hydrogens is 212 g/mol. The Labute approximate surface area is 103 Å². The Morgan fingerprint density at radius 2 is 2.18 bits per heavy atom. The number of nitrogen functional groups attached to an aromatic ring is 1. The summed E-state index contributed by atoms with van der Waals surface area (Å²) >= 11 is 0. The number of hydrogen-bond acceptors (Lipinski definition) is 3. The van der Waals surface area contributed by atoms with Crippen LogP contribution in [0.2, 0.25) is 0 Å². The van der Waals surface area contributed by atoms with E-state index >= 15 is 0 Å². The Balaban J connectivity index is 1.85. The average molecular weight is 234 g/mol. The maximum atomic E-state index is 5.84. The molecule has 0 aromatic heterocycles. The minimum atomic E-state index is 0.672. The molecule has 17 heavy (non-hydrogen) atoms. The van der Waals surface area contributed by atoms with Crippen LogP contribution in [0.25, 0.3) is 0 Å². The van der Waals surface area contributed by atoms with Crippen molar-refractivity contribution >= 4 is 11.4 Å². The van der Waals surface area contributed by atoms with Gasteiger partial charge >= 0.3 is 0 Å². The van der Waals surface area contributed by atoms with E-state index < -0.39 is 0 Å². The summed E-state index contributed by atoms with van der Waals surface area (Å²) < 4.78 is 5.47. The zero-order valence-corrected chi connectivity index (χ0v) is 10.5. The summed E-state index contributed by atoms with van der Waals surface area (Å²) in [5.41, 5.74) is 7.65. The first-order valence-electron chi connectivity index (χ1n) is 6.55. The van der Waals surface area contributed by atoms with E-state index in [-0.39, 0.29) is 0 Å². The van der Waals surface area contributed by atoms with Gasteiger partial charge in [-0.05, 0) is 25.3 Å². The van der Waals surface area contributed by atoms with Gasteiger partial charge in [0.25, 0.3) is 0 Å². The molecule has 1 aromatic rings. The van der Waals surface area contributed by atoms with Crippen molar-refractivity contribution < 1.29 is 4.74 Å². The topological polar surface area (TPSA) is 47.3 Å². The largest absolute Gasteiger partial charge is 0.494 e. The van der Waals surface area contributed by atoms with E-state index in [9.17, 15) is 0 Å². The van der Waals surface area contributed by atoms with Crippen LogP contribution in [0.15, 0.2) is 18.2 Å². The third kappa shape index (κ3) is 3.55. The van der Waals surface area contributed by atoms with Crippen molar-refractivity contribution in [1.29, 1.82) is 0 Å². The van der Waals surface area contributed by atoms with E-state index in [2.05, 4.69) is 5.32 Å². The fourth-order valence-electron chi connectivity index (χ4n) is 2.18. The van der Waals surface area contributed by atoms with Gasteiger partial charge in [0, 0.05) is 30.1 Å². The van der Waals surface area contributed by atoms with Gasteiger partial charge in [-0.25, -0.2) is 0 Å². The van der Waals surface area contributed by atoms with Crippen LogP contribution in [0, 0.1) is 5.92 Å². The Kier molecular flexibility index (Phi) is 4.13. The summed E-state index contributed by atoms with van der Waals surface area (Å²) in [5, 5.41) is 3.42. The molecule has 1 aliphatic rings. The average Bonchev–Trinajstić information content (AvgIpc) is 2.21. The van der Waals surface area contributed by atoms with Crippen LogP contribution in [0.4, 0.5) is 11.4 Å². The first kappa shape index (κ1) is 12.1. The van der Waals surface area contributed by atoms with E-state index in [1.807, 2.05) is 25.1 Å². The molecule has 94 valence electrons. The summed E-state index contributed by atoms with van der Waals surface area (Å²) in [6, 6.07) is 5.84. The minimum absolute atomic E-state index is 0.672. The van der Waals surface area contributed by atoms with Gasteiger partial charge in [0.1, 0.15) is 5.75 Å². The predicted molar refractivity (Wildman–Crippen MR) is 72.5 cm³/mol. The highest BCUT2D eigenvalue weighted by atomic mass is 16.5. The van der Waals surface area contributed by atoms with Gasteiger partial charge in [-0.3, -0.25) is 0 Å². The molecule has 0 aliphatic heterocycles. The third-order valence-electron chi connectivity index (χ3n) is 3.35. The monoisotopic (exact) mass is 234 g/mol. The van der Waals surface area contributed by atoms with Gasteiger partial charge in [-0.15, -0.1) is 0 Å². The first-order chi connectivity index (χ1) is 8.28. The second-order valence-electron chi connectivity index (χ2n) is 4.74. The molecule has 3 N–H and O–H groups in total. The molecule has 0 unspecified atom stereocenters. The predicted octanol–water partition coefficient (Wildman–Crippen LogP) is 3.27. The number of ether oxygens (including phenoxy) is 1. The number of benzene rings is 1. The van der Waals surface area contributed by atoms with Gasteiger partial charge in [0.15, 0.2) is 0 Å². The molecule has 1 aliphatic carbocycles. The fraction of sp³-hybridized carbons (Fsp3) is 0.571. The lowest BCUT2D eigenvalue weighted by Gasteiger charge is -2.25. The molecule has 3 heteroatoms. The number of hydrogen-bond donors (Lipinski definition) is 2. The smallest absolute Gasteiger partial charge is 0.123 e. The van der Waals surface area contributed by atoms with Crippen LogP contribution in [-0.4, -0.2) is 13.2 Å². The molecule has 0 radical (unpaired) electrons. The maximum Gasteiger partial charge on any atom is 0.123 e. The Bertz CT molecular complexity index is 361. The first-order valence-corrected chi connectivity index (χ1v) is 6.55. The van der Waals surface area contributed by atoms with Crippen LogP contribution in [0.5, 0.6) is 5.75 Å². The van der Waals surface area contributed by atoms with Crippen LogP contribution in [-0.2, 0) is 0 Å². The highest BCUT2D eigenvalue weighted by Gasteiger charge is 2.16. The van der Waals surface area contributed by atoms with Crippen molar-refractivity contribution in [3.63, 3.8) is 0 Å². The standard InChI is InChI=1S/C14H22N2O/c1-2-17-14-9-12(15)8-13(10-14)16-7-6-11-4-3-5-11/h8-11,16H,2-7,15H2,1H3. The molecule has 1 fully saturated rings. The quantitative estimate of drug-likeness (QED) is 0.743. The maximum absolute atomic E-state index is 5.84. The van der Waals surface area contributed by atoms with Gasteiger partial charge < -0.3 is 15.8 Å². The van der Waals surface area contributed by atoms with Gasteiger partial charge in [0.05, 0.1) is 6.61 Å². The van der Waals surface area contributed by atoms with Gasteiger partial charge in [-0.1, -0.05) is 19.3 Å². The molecule has 0 bridgehead atoms. The Hall–Kier alpha value is -1.38. The van der Waals surface area contributed by atoms with Gasteiger partial charge in [0.2, 0.25) is 0 Å². The molecule has 1 saturated carbocycles. The van der Waals surface area contributed by atoms with E-state index in [0.29, 0.717) is 6.61 Å². The van der Waals surface area contributed by atoms with E-state index in [4.69, 9.17) is 10.5 Å². The normalized spacial score (nSPS) is 15.4. The molecule has 1 aromatic carbocycles. The number of rotatable bonds is 6. The highest BCUT2D eigenvalue weighted by molar-refractivity contribution is 5.59. The zero-order valence-electron chi connectivity index (χ0n) is 10.5. The Morgan fingerprint density at radius 1 is 1.35 bits per heavy atom. The van der Waals surface area contributed by atoms with Crippen molar-refractivity contribution in [2.45, 2.75) is 32.6 Å². The van der Waals surface area contributed by atoms with Crippen LogP contribution in [0.3, 0.4) is 0 Å². The second-order valence-corrected chi connectivity index (χ2v) is 4.74. The minimum Gasteiger partial charge on any atom is -0.494 e. The summed E-state index contributed by atoms with van der Waals surface area (Å²) in [4.78, 5) is 0. The van der Waals surface area contributed by atoms with Gasteiger partial charge in [-0.2, -0.15) is 0 Å². The molecule has 0 heterocycles. The number of nitrogens with two attached hydrogens (primary N) is 1. The van der Waals surface area contributed by atoms with E-state index in [1.54, 1.807) is 0 Å². The third-order valence-corrected chi connectivity index (χ3v) is 3.35.